The third kappa shape index (κ3) is 5.86. The Hall–Kier alpha value is -1.32. The molecule has 0 radical (unpaired) electrons. The van der Waals surface area contributed by atoms with Crippen LogP contribution in [0.25, 0.3) is 0 Å². The van der Waals surface area contributed by atoms with Gasteiger partial charge in [0.15, 0.2) is 5.96 Å². The number of halogens is 2. The molecule has 2 fully saturated rings. The molecule has 1 aliphatic carbocycles. The lowest BCUT2D eigenvalue weighted by molar-refractivity contribution is 0.168. The summed E-state index contributed by atoms with van der Waals surface area (Å²) in [5.74, 6) is 2.43. The van der Waals surface area contributed by atoms with Crippen molar-refractivity contribution in [3.8, 4) is 0 Å². The summed E-state index contributed by atoms with van der Waals surface area (Å²) in [6, 6.07) is 10.7. The fourth-order valence-corrected chi connectivity index (χ4v) is 4.05. The molecular weight excluding hydrogens is 501 g/mol. The topological polar surface area (TPSA) is 56.9 Å². The summed E-state index contributed by atoms with van der Waals surface area (Å²) in [4.78, 5) is 9.54. The first kappa shape index (κ1) is 22.4. The quantitative estimate of drug-likeness (QED) is 0.362. The van der Waals surface area contributed by atoms with Gasteiger partial charge in [-0.05, 0) is 38.0 Å². The van der Waals surface area contributed by atoms with Crippen molar-refractivity contribution in [1.29, 1.82) is 0 Å². The highest BCUT2D eigenvalue weighted by Gasteiger charge is 2.40. The average Bonchev–Trinajstić information content (AvgIpc) is 3.34. The molecule has 2 unspecified atom stereocenters. The van der Waals surface area contributed by atoms with Gasteiger partial charge in [-0.15, -0.1) is 24.0 Å². The Kier molecular flexibility index (Phi) is 7.81. The second kappa shape index (κ2) is 10.1. The summed E-state index contributed by atoms with van der Waals surface area (Å²) in [6.45, 7) is 9.59. The molecule has 1 saturated carbocycles. The van der Waals surface area contributed by atoms with E-state index >= 15 is 0 Å². The molecule has 2 aliphatic rings. The zero-order chi connectivity index (χ0) is 19.5. The van der Waals surface area contributed by atoms with Gasteiger partial charge < -0.3 is 14.7 Å². The van der Waals surface area contributed by atoms with Crippen LogP contribution in [0, 0.1) is 6.92 Å². The third-order valence-corrected chi connectivity index (χ3v) is 5.66. The van der Waals surface area contributed by atoms with Crippen LogP contribution in [0.4, 0.5) is 0 Å². The second-order valence-electron chi connectivity index (χ2n) is 7.64. The molecule has 0 spiro atoms. The minimum atomic E-state index is 0. The van der Waals surface area contributed by atoms with E-state index in [4.69, 9.17) is 21.1 Å². The Labute approximate surface area is 194 Å². The van der Waals surface area contributed by atoms with E-state index in [2.05, 4.69) is 39.3 Å². The van der Waals surface area contributed by atoms with Crippen LogP contribution >= 0.6 is 35.6 Å². The van der Waals surface area contributed by atoms with E-state index in [1.54, 1.807) is 0 Å². The molecule has 2 aromatic rings. The fraction of sp³-hybridized carbons (Fsp3) is 0.524. The molecule has 158 valence electrons. The number of guanidine groups is 1. The lowest BCUT2D eigenvalue weighted by Gasteiger charge is -2.36. The fourth-order valence-electron chi connectivity index (χ4n) is 3.85. The number of hydrogen-bond acceptors (Lipinski definition) is 4. The van der Waals surface area contributed by atoms with Crippen molar-refractivity contribution in [3.05, 3.63) is 52.4 Å². The van der Waals surface area contributed by atoms with Crippen LogP contribution in [-0.4, -0.2) is 59.7 Å². The van der Waals surface area contributed by atoms with Gasteiger partial charge in [0, 0.05) is 62.3 Å². The molecule has 1 aromatic heterocycles. The first-order chi connectivity index (χ1) is 13.6. The van der Waals surface area contributed by atoms with Crippen LogP contribution in [0.1, 0.15) is 36.3 Å². The molecule has 2 heterocycles. The van der Waals surface area contributed by atoms with Crippen molar-refractivity contribution >= 4 is 41.5 Å². The summed E-state index contributed by atoms with van der Waals surface area (Å²) in [7, 11) is 0. The molecule has 8 heteroatoms. The Balaban J connectivity index is 0.00000240. The minimum Gasteiger partial charge on any atom is -0.361 e. The van der Waals surface area contributed by atoms with Crippen molar-refractivity contribution in [2.24, 2.45) is 4.99 Å². The zero-order valence-corrected chi connectivity index (χ0v) is 20.1. The van der Waals surface area contributed by atoms with E-state index in [-0.39, 0.29) is 24.0 Å². The van der Waals surface area contributed by atoms with Gasteiger partial charge >= 0.3 is 0 Å². The standard InChI is InChI=1S/C21H28ClN5O.HI/c1-3-23-21(24-20-13-19(20)16-5-4-6-17(22)12-16)27-9-7-26(8-10-27)14-18-11-15(2)28-25-18;/h4-6,11-12,19-20H,3,7-10,13-14H2,1-2H3,(H,23,24);1H. The van der Waals surface area contributed by atoms with Gasteiger partial charge in [-0.1, -0.05) is 28.9 Å². The van der Waals surface area contributed by atoms with E-state index in [1.807, 2.05) is 25.1 Å². The van der Waals surface area contributed by atoms with Crippen LogP contribution in [0.3, 0.4) is 0 Å². The molecule has 2 atom stereocenters. The number of rotatable bonds is 5. The molecule has 1 aliphatic heterocycles. The Morgan fingerprint density at radius 2 is 2.07 bits per heavy atom. The lowest BCUT2D eigenvalue weighted by Crippen LogP contribution is -2.52. The molecule has 0 bridgehead atoms. The minimum absolute atomic E-state index is 0. The first-order valence-corrected chi connectivity index (χ1v) is 10.5. The highest BCUT2D eigenvalue weighted by atomic mass is 127. The number of nitrogens with one attached hydrogen (secondary N) is 1. The summed E-state index contributed by atoms with van der Waals surface area (Å²) in [5.41, 5.74) is 2.32. The molecule has 1 aromatic carbocycles. The molecule has 4 rings (SSSR count). The van der Waals surface area contributed by atoms with Crippen molar-refractivity contribution in [3.63, 3.8) is 0 Å². The van der Waals surface area contributed by atoms with Crippen LogP contribution in [-0.2, 0) is 6.54 Å². The van der Waals surface area contributed by atoms with Gasteiger partial charge in [0.05, 0.1) is 5.69 Å². The van der Waals surface area contributed by atoms with Gasteiger partial charge in [-0.2, -0.15) is 0 Å². The van der Waals surface area contributed by atoms with E-state index in [0.29, 0.717) is 12.0 Å². The first-order valence-electron chi connectivity index (χ1n) is 10.1. The highest BCUT2D eigenvalue weighted by molar-refractivity contribution is 14.0. The molecular formula is C21H29ClIN5O. The van der Waals surface area contributed by atoms with Crippen molar-refractivity contribution < 1.29 is 4.52 Å². The number of benzene rings is 1. The van der Waals surface area contributed by atoms with Crippen molar-refractivity contribution in [2.75, 3.05) is 32.7 Å². The Bertz CT molecular complexity index is 834. The Morgan fingerprint density at radius 3 is 2.72 bits per heavy atom. The van der Waals surface area contributed by atoms with Gasteiger partial charge in [0.25, 0.3) is 0 Å². The summed E-state index contributed by atoms with van der Waals surface area (Å²) in [5, 5.41) is 8.60. The molecule has 6 nitrogen and oxygen atoms in total. The highest BCUT2D eigenvalue weighted by Crippen LogP contribution is 2.41. The van der Waals surface area contributed by atoms with Crippen LogP contribution in [0.2, 0.25) is 5.02 Å². The number of hydrogen-bond donors (Lipinski definition) is 1. The van der Waals surface area contributed by atoms with Crippen LogP contribution in [0.15, 0.2) is 39.8 Å². The van der Waals surface area contributed by atoms with E-state index in [9.17, 15) is 0 Å². The predicted octanol–water partition coefficient (Wildman–Crippen LogP) is 3.89. The SMILES string of the molecule is CCN=C(NC1CC1c1cccc(Cl)c1)N1CCN(Cc2cc(C)on2)CC1.I. The number of aromatic nitrogens is 1. The van der Waals surface area contributed by atoms with Gasteiger partial charge in [0.1, 0.15) is 5.76 Å². The zero-order valence-electron chi connectivity index (χ0n) is 17.0. The van der Waals surface area contributed by atoms with Crippen molar-refractivity contribution in [1.82, 2.24) is 20.3 Å². The number of aryl methyl sites for hydroxylation is 1. The normalized spacial score (nSPS) is 22.3. The monoisotopic (exact) mass is 529 g/mol. The van der Waals surface area contributed by atoms with E-state index < -0.39 is 0 Å². The van der Waals surface area contributed by atoms with Gasteiger partial charge in [0.2, 0.25) is 0 Å². The molecule has 1 N–H and O–H groups in total. The van der Waals surface area contributed by atoms with E-state index in [0.717, 1.165) is 68.1 Å². The largest absolute Gasteiger partial charge is 0.361 e. The maximum Gasteiger partial charge on any atom is 0.194 e. The van der Waals surface area contributed by atoms with Crippen LogP contribution in [0.5, 0.6) is 0 Å². The van der Waals surface area contributed by atoms with Gasteiger partial charge in [-0.25, -0.2) is 0 Å². The Morgan fingerprint density at radius 1 is 1.28 bits per heavy atom. The number of aliphatic imine (C=N–C) groups is 1. The smallest absolute Gasteiger partial charge is 0.194 e. The molecule has 29 heavy (non-hydrogen) atoms. The summed E-state index contributed by atoms with van der Waals surface area (Å²) < 4.78 is 5.18. The van der Waals surface area contributed by atoms with Crippen LogP contribution < -0.4 is 5.32 Å². The molecule has 0 amide bonds. The maximum atomic E-state index is 6.15. The molecule has 1 saturated heterocycles. The second-order valence-corrected chi connectivity index (χ2v) is 8.07. The number of nitrogens with zero attached hydrogens (tertiary/aromatic N) is 4. The number of piperazine rings is 1. The lowest BCUT2D eigenvalue weighted by atomic mass is 10.1. The van der Waals surface area contributed by atoms with Gasteiger partial charge in [-0.3, -0.25) is 9.89 Å². The third-order valence-electron chi connectivity index (χ3n) is 5.42. The van der Waals surface area contributed by atoms with Crippen molar-refractivity contribution in [2.45, 2.75) is 38.8 Å². The maximum absolute atomic E-state index is 6.15. The summed E-state index contributed by atoms with van der Waals surface area (Å²) >= 11 is 6.15. The summed E-state index contributed by atoms with van der Waals surface area (Å²) in [6.07, 6.45) is 1.13. The average molecular weight is 530 g/mol. The predicted molar refractivity (Wildman–Crippen MR) is 127 cm³/mol. The van der Waals surface area contributed by atoms with E-state index in [1.165, 1.54) is 5.56 Å².